The van der Waals surface area contributed by atoms with Crippen LogP contribution in [0.3, 0.4) is 0 Å². The Morgan fingerprint density at radius 3 is 2.38 bits per heavy atom. The first kappa shape index (κ1) is 20.4. The molecule has 0 unspecified atom stereocenters. The molecule has 7 nitrogen and oxygen atoms in total. The third-order valence-corrected chi connectivity index (χ3v) is 5.63. The molecule has 3 N–H and O–H groups in total. The van der Waals surface area contributed by atoms with E-state index in [1.807, 2.05) is 0 Å². The molecule has 0 fully saturated rings. The molecule has 0 aliphatic rings. The summed E-state index contributed by atoms with van der Waals surface area (Å²) in [7, 11) is -4.03. The molecule has 0 aliphatic carbocycles. The maximum Gasteiger partial charge on any atom is 0.261 e. The number of aliphatic hydroxyl groups is 1. The molecule has 0 aliphatic heterocycles. The van der Waals surface area contributed by atoms with Gasteiger partial charge in [0.1, 0.15) is 5.76 Å². The van der Waals surface area contributed by atoms with Gasteiger partial charge in [-0.25, -0.2) is 8.42 Å². The molecule has 0 radical (unpaired) electrons. The van der Waals surface area contributed by atoms with Crippen molar-refractivity contribution in [3.63, 3.8) is 0 Å². The van der Waals surface area contributed by atoms with Gasteiger partial charge in [0.2, 0.25) is 18.2 Å². The molecule has 0 spiro atoms. The number of carbonyl (C=O) groups is 1. The maximum atomic E-state index is 12.9. The first-order valence-electron chi connectivity index (χ1n) is 8.23. The minimum Gasteiger partial charge on any atom is -0.508 e. The molecule has 1 aromatic heterocycles. The summed E-state index contributed by atoms with van der Waals surface area (Å²) < 4.78 is 28.6. The van der Waals surface area contributed by atoms with Crippen LogP contribution in [0.25, 0.3) is 5.76 Å². The van der Waals surface area contributed by atoms with E-state index >= 15 is 0 Å². The van der Waals surface area contributed by atoms with Crippen molar-refractivity contribution in [3.8, 4) is 0 Å². The summed E-state index contributed by atoms with van der Waals surface area (Å²) in [5.74, 6) is -0.711. The molecule has 2 aromatic carbocycles. The van der Waals surface area contributed by atoms with Crippen molar-refractivity contribution in [2.24, 2.45) is 0 Å². The van der Waals surface area contributed by atoms with Gasteiger partial charge in [0.05, 0.1) is 16.1 Å². The van der Waals surface area contributed by atoms with Crippen LogP contribution in [-0.4, -0.2) is 24.5 Å². The van der Waals surface area contributed by atoms with Gasteiger partial charge >= 0.3 is 0 Å². The van der Waals surface area contributed by atoms with Crippen LogP contribution in [0.15, 0.2) is 78.5 Å². The first-order valence-corrected chi connectivity index (χ1v) is 10.1. The number of anilines is 1. The number of ketones is 1. The fourth-order valence-corrected chi connectivity index (χ4v) is 3.83. The number of aliphatic hydroxyl groups excluding tert-OH is 1. The number of nitrogens with zero attached hydrogens (tertiary/aromatic N) is 1. The van der Waals surface area contributed by atoms with Crippen LogP contribution in [0.5, 0.6) is 0 Å². The lowest BCUT2D eigenvalue weighted by Crippen LogP contribution is -2.29. The van der Waals surface area contributed by atoms with E-state index in [0.29, 0.717) is 5.56 Å². The highest BCUT2D eigenvalue weighted by molar-refractivity contribution is 7.92. The fourth-order valence-electron chi connectivity index (χ4n) is 2.58. The Bertz CT molecular complexity index is 1210. The topological polar surface area (TPSA) is 108 Å². The number of aromatic nitrogens is 1. The number of nitrogens with one attached hydrogen (secondary N) is 1. The molecule has 0 amide bonds. The molecule has 29 heavy (non-hydrogen) atoms. The van der Waals surface area contributed by atoms with Crippen molar-refractivity contribution in [1.82, 2.24) is 0 Å². The number of rotatable bonds is 6. The van der Waals surface area contributed by atoms with Gasteiger partial charge in [0.25, 0.3) is 10.0 Å². The van der Waals surface area contributed by atoms with Crippen LogP contribution in [0.1, 0.15) is 21.5 Å². The average Bonchev–Trinajstić information content (AvgIpc) is 2.68. The monoisotopic (exact) mass is 431 g/mol. The molecule has 0 bridgehead atoms. The molecule has 148 valence electrons. The van der Waals surface area contributed by atoms with Crippen molar-refractivity contribution in [1.29, 1.82) is 0 Å². The maximum absolute atomic E-state index is 12.9. The van der Waals surface area contributed by atoms with Crippen molar-refractivity contribution in [2.75, 3.05) is 4.72 Å². The summed E-state index contributed by atoms with van der Waals surface area (Å²) in [6.07, 6.45) is 2.53. The highest BCUT2D eigenvalue weighted by Crippen LogP contribution is 2.26. The second kappa shape index (κ2) is 7.94. The fraction of sp³-hybridized carbons (Fsp3) is 0. The number of benzene rings is 2. The highest BCUT2D eigenvalue weighted by Gasteiger charge is 2.22. The Morgan fingerprint density at radius 2 is 1.76 bits per heavy atom. The Kier molecular flexibility index (Phi) is 5.58. The predicted octanol–water partition coefficient (Wildman–Crippen LogP) is 3.43. The van der Waals surface area contributed by atoms with Crippen molar-refractivity contribution in [2.45, 2.75) is 4.90 Å². The molecule has 9 heteroatoms. The van der Waals surface area contributed by atoms with Crippen LogP contribution in [0, 0.1) is 0 Å². The zero-order valence-corrected chi connectivity index (χ0v) is 16.5. The molecule has 1 heterocycles. The number of carbonyl (C=O) groups excluding carboxylic acids is 1. The molecule has 0 atom stereocenters. The summed E-state index contributed by atoms with van der Waals surface area (Å²) >= 11 is 6.00. The standard InChI is InChI=1S/C20H15ClN2O5S/c1-13(24)14-4-7-17(8-5-14)29(27,28)22-19-9-6-16(21)11-18(19)20(25)15-3-2-10-23(26)12-15/h2-12H,1H2,(H2-,22,24,25,26)/p+1. The lowest BCUT2D eigenvalue weighted by molar-refractivity contribution is -0.904. The van der Waals surface area contributed by atoms with E-state index in [9.17, 15) is 23.5 Å². The van der Waals surface area contributed by atoms with Crippen LogP contribution in [-0.2, 0) is 10.0 Å². The van der Waals surface area contributed by atoms with Crippen molar-refractivity contribution < 1.29 is 28.3 Å². The van der Waals surface area contributed by atoms with Crippen LogP contribution in [0.2, 0.25) is 5.02 Å². The lowest BCUT2D eigenvalue weighted by atomic mass is 10.0. The van der Waals surface area contributed by atoms with E-state index in [1.165, 1.54) is 67.0 Å². The third kappa shape index (κ3) is 4.56. The Hall–Kier alpha value is -3.36. The number of pyridine rings is 1. The van der Waals surface area contributed by atoms with E-state index in [-0.39, 0.29) is 32.5 Å². The SMILES string of the molecule is C=C(O)c1ccc(S(=O)(=O)Nc2ccc(Cl)cc2C(=O)c2ccc[n+](O)c2)cc1. The number of hydrogen-bond acceptors (Lipinski definition) is 5. The normalized spacial score (nSPS) is 11.1. The van der Waals surface area contributed by atoms with Gasteiger partial charge in [-0.1, -0.05) is 18.2 Å². The molecule has 3 aromatic rings. The van der Waals surface area contributed by atoms with Gasteiger partial charge in [0.15, 0.2) is 0 Å². The Morgan fingerprint density at radius 1 is 1.07 bits per heavy atom. The summed E-state index contributed by atoms with van der Waals surface area (Å²) in [6.45, 7) is 3.38. The largest absolute Gasteiger partial charge is 0.508 e. The molecule has 3 rings (SSSR count). The summed E-state index contributed by atoms with van der Waals surface area (Å²) in [5, 5.41) is 19.2. The summed E-state index contributed by atoms with van der Waals surface area (Å²) in [5.41, 5.74) is 0.576. The van der Waals surface area contributed by atoms with Crippen LogP contribution < -0.4 is 9.45 Å². The minimum absolute atomic E-state index is 0.0210. The number of halogens is 1. The zero-order chi connectivity index (χ0) is 21.2. The van der Waals surface area contributed by atoms with Gasteiger partial charge in [0, 0.05) is 26.9 Å². The first-order chi connectivity index (χ1) is 13.7. The quantitative estimate of drug-likeness (QED) is 0.240. The van der Waals surface area contributed by atoms with Gasteiger partial charge in [-0.15, -0.1) is 0 Å². The third-order valence-electron chi connectivity index (χ3n) is 4.02. The van der Waals surface area contributed by atoms with E-state index in [2.05, 4.69) is 11.3 Å². The van der Waals surface area contributed by atoms with Gasteiger partial charge in [-0.2, -0.15) is 0 Å². The molecule has 0 saturated carbocycles. The zero-order valence-electron chi connectivity index (χ0n) is 14.9. The van der Waals surface area contributed by atoms with E-state index in [0.717, 1.165) is 4.73 Å². The van der Waals surface area contributed by atoms with E-state index < -0.39 is 15.8 Å². The van der Waals surface area contributed by atoms with E-state index in [1.54, 1.807) is 0 Å². The second-order valence-electron chi connectivity index (χ2n) is 6.07. The van der Waals surface area contributed by atoms with E-state index in [4.69, 9.17) is 11.6 Å². The Balaban J connectivity index is 1.99. The van der Waals surface area contributed by atoms with Gasteiger partial charge in [-0.3, -0.25) is 14.7 Å². The number of hydrogen-bond donors (Lipinski definition) is 3. The van der Waals surface area contributed by atoms with Crippen LogP contribution >= 0.6 is 11.6 Å². The lowest BCUT2D eigenvalue weighted by Gasteiger charge is -2.13. The predicted molar refractivity (Wildman–Crippen MR) is 108 cm³/mol. The average molecular weight is 432 g/mol. The molecular weight excluding hydrogens is 416 g/mol. The Labute approximate surface area is 172 Å². The van der Waals surface area contributed by atoms with Crippen molar-refractivity contribution in [3.05, 3.63) is 95.3 Å². The number of sulfonamides is 1. The van der Waals surface area contributed by atoms with Gasteiger partial charge < -0.3 is 5.11 Å². The molecule has 0 saturated heterocycles. The van der Waals surface area contributed by atoms with Gasteiger partial charge in [-0.05, 0) is 48.5 Å². The highest BCUT2D eigenvalue weighted by atomic mass is 35.5. The molecular formula is C20H16ClN2O5S+. The minimum atomic E-state index is -4.03. The van der Waals surface area contributed by atoms with Crippen molar-refractivity contribution >= 4 is 38.9 Å². The second-order valence-corrected chi connectivity index (χ2v) is 8.19. The van der Waals surface area contributed by atoms with Crippen LogP contribution in [0.4, 0.5) is 5.69 Å². The summed E-state index contributed by atoms with van der Waals surface area (Å²) in [4.78, 5) is 12.8. The smallest absolute Gasteiger partial charge is 0.261 e. The summed E-state index contributed by atoms with van der Waals surface area (Å²) in [6, 6.07) is 12.6.